The summed E-state index contributed by atoms with van der Waals surface area (Å²) >= 11 is 0. The van der Waals surface area contributed by atoms with E-state index in [9.17, 15) is 4.79 Å². The van der Waals surface area contributed by atoms with Crippen molar-refractivity contribution in [1.29, 1.82) is 0 Å². The Morgan fingerprint density at radius 1 is 0.923 bits per heavy atom. The van der Waals surface area contributed by atoms with E-state index < -0.39 is 0 Å². The van der Waals surface area contributed by atoms with Gasteiger partial charge in [-0.05, 0) is 31.3 Å². The minimum absolute atomic E-state index is 0.00659. The molecule has 0 bridgehead atoms. The fourth-order valence-electron chi connectivity index (χ4n) is 3.48. The van der Waals surface area contributed by atoms with Crippen LogP contribution in [0, 0.1) is 0 Å². The van der Waals surface area contributed by atoms with E-state index in [2.05, 4.69) is 51.3 Å². The Hall–Kier alpha value is -1.99. The average Bonchev–Trinajstić information content (AvgIpc) is 2.69. The van der Waals surface area contributed by atoms with Gasteiger partial charge in [-0.15, -0.1) is 0 Å². The normalized spacial score (nSPS) is 18.9. The molecule has 2 saturated heterocycles. The molecule has 7 nitrogen and oxygen atoms in total. The summed E-state index contributed by atoms with van der Waals surface area (Å²) in [6, 6.07) is 8.88. The maximum Gasteiger partial charge on any atom is 0.317 e. The first-order valence-corrected chi connectivity index (χ1v) is 9.47. The molecule has 0 aliphatic carbocycles. The maximum absolute atomic E-state index is 12.1. The highest BCUT2D eigenvalue weighted by molar-refractivity contribution is 5.74. The smallest absolute Gasteiger partial charge is 0.317 e. The zero-order chi connectivity index (χ0) is 18.4. The van der Waals surface area contributed by atoms with Crippen molar-refractivity contribution in [3.05, 3.63) is 24.3 Å². The molecule has 3 rings (SSSR count). The van der Waals surface area contributed by atoms with Gasteiger partial charge in [0.1, 0.15) is 0 Å². The van der Waals surface area contributed by atoms with Gasteiger partial charge in [0, 0.05) is 77.4 Å². The monoisotopic (exact) mass is 361 g/mol. The Morgan fingerprint density at radius 2 is 1.42 bits per heavy atom. The van der Waals surface area contributed by atoms with E-state index in [-0.39, 0.29) is 6.03 Å². The molecule has 144 valence electrons. The van der Waals surface area contributed by atoms with Crippen molar-refractivity contribution in [2.24, 2.45) is 0 Å². The molecule has 2 aliphatic heterocycles. The zero-order valence-electron chi connectivity index (χ0n) is 16.0. The number of urea groups is 1. The van der Waals surface area contributed by atoms with Gasteiger partial charge in [0.25, 0.3) is 0 Å². The van der Waals surface area contributed by atoms with Gasteiger partial charge in [-0.1, -0.05) is 0 Å². The van der Waals surface area contributed by atoms with Crippen LogP contribution in [0.3, 0.4) is 0 Å². The van der Waals surface area contributed by atoms with Crippen molar-refractivity contribution in [2.45, 2.75) is 0 Å². The highest BCUT2D eigenvalue weighted by atomic mass is 16.5. The lowest BCUT2D eigenvalue weighted by Gasteiger charge is -2.37. The lowest BCUT2D eigenvalue weighted by molar-refractivity contribution is 0.177. The number of piperazine rings is 2. The Kier molecular flexibility index (Phi) is 6.57. The molecule has 0 radical (unpaired) electrons. The van der Waals surface area contributed by atoms with Gasteiger partial charge >= 0.3 is 6.03 Å². The fraction of sp³-hybridized carbons (Fsp3) is 0.632. The zero-order valence-corrected chi connectivity index (χ0v) is 16.0. The summed E-state index contributed by atoms with van der Waals surface area (Å²) in [5.41, 5.74) is 2.54. The molecule has 26 heavy (non-hydrogen) atoms. The first kappa shape index (κ1) is 18.8. The van der Waals surface area contributed by atoms with Crippen LogP contribution in [-0.2, 0) is 4.74 Å². The molecule has 2 aliphatic rings. The standard InChI is InChI=1S/C19H31N5O2/c1-21-8-10-22(11-9-21)17-3-5-18(6-4-17)23-12-14-24(15-13-23)19(25)20-7-16-26-2/h3-6H,7-16H2,1-2H3,(H,20,25). The second kappa shape index (κ2) is 9.09. The minimum atomic E-state index is 0.00659. The van der Waals surface area contributed by atoms with E-state index in [0.717, 1.165) is 52.4 Å². The van der Waals surface area contributed by atoms with E-state index in [1.165, 1.54) is 11.4 Å². The number of amides is 2. The summed E-state index contributed by atoms with van der Waals surface area (Å²) in [7, 11) is 3.82. The van der Waals surface area contributed by atoms with E-state index in [4.69, 9.17) is 4.74 Å². The van der Waals surface area contributed by atoms with Gasteiger partial charge in [-0.2, -0.15) is 0 Å². The molecule has 1 aromatic carbocycles. The van der Waals surface area contributed by atoms with Crippen LogP contribution in [0.1, 0.15) is 0 Å². The number of benzene rings is 1. The second-order valence-electron chi connectivity index (χ2n) is 7.01. The highest BCUT2D eigenvalue weighted by Crippen LogP contribution is 2.22. The Bertz CT molecular complexity index is 564. The van der Waals surface area contributed by atoms with Crippen LogP contribution in [0.5, 0.6) is 0 Å². The molecule has 0 unspecified atom stereocenters. The number of carbonyl (C=O) groups excluding carboxylic acids is 1. The third-order valence-electron chi connectivity index (χ3n) is 5.23. The van der Waals surface area contributed by atoms with Crippen molar-refractivity contribution < 1.29 is 9.53 Å². The van der Waals surface area contributed by atoms with Crippen LogP contribution in [0.2, 0.25) is 0 Å². The van der Waals surface area contributed by atoms with Crippen molar-refractivity contribution in [3.8, 4) is 0 Å². The Labute approximate surface area is 156 Å². The van der Waals surface area contributed by atoms with Crippen molar-refractivity contribution >= 4 is 17.4 Å². The van der Waals surface area contributed by atoms with Gasteiger partial charge in [0.05, 0.1) is 6.61 Å². The third-order valence-corrected chi connectivity index (χ3v) is 5.23. The van der Waals surface area contributed by atoms with Crippen LogP contribution < -0.4 is 15.1 Å². The second-order valence-corrected chi connectivity index (χ2v) is 7.01. The molecule has 0 saturated carbocycles. The Balaban J connectivity index is 1.48. The number of carbonyl (C=O) groups is 1. The van der Waals surface area contributed by atoms with Crippen LogP contribution in [0.25, 0.3) is 0 Å². The number of nitrogens with one attached hydrogen (secondary N) is 1. The number of anilines is 2. The molecule has 1 N–H and O–H groups in total. The summed E-state index contributed by atoms with van der Waals surface area (Å²) < 4.78 is 4.97. The maximum atomic E-state index is 12.1. The van der Waals surface area contributed by atoms with Gasteiger partial charge in [0.2, 0.25) is 0 Å². The van der Waals surface area contributed by atoms with Gasteiger partial charge in [-0.3, -0.25) is 0 Å². The van der Waals surface area contributed by atoms with Gasteiger partial charge < -0.3 is 29.7 Å². The third kappa shape index (κ3) is 4.80. The molecule has 0 spiro atoms. The largest absolute Gasteiger partial charge is 0.383 e. The lowest BCUT2D eigenvalue weighted by atomic mass is 10.2. The van der Waals surface area contributed by atoms with E-state index >= 15 is 0 Å². The van der Waals surface area contributed by atoms with E-state index in [1.54, 1.807) is 7.11 Å². The lowest BCUT2D eigenvalue weighted by Crippen LogP contribution is -2.52. The number of rotatable bonds is 5. The van der Waals surface area contributed by atoms with E-state index in [1.807, 2.05) is 4.90 Å². The number of methoxy groups -OCH3 is 1. The van der Waals surface area contributed by atoms with E-state index in [0.29, 0.717) is 13.2 Å². The molecule has 0 aromatic heterocycles. The summed E-state index contributed by atoms with van der Waals surface area (Å²) in [6.45, 7) is 8.76. The topological polar surface area (TPSA) is 51.3 Å². The molecular formula is C19H31N5O2. The highest BCUT2D eigenvalue weighted by Gasteiger charge is 2.21. The quantitative estimate of drug-likeness (QED) is 0.791. The van der Waals surface area contributed by atoms with Crippen molar-refractivity contribution in [3.63, 3.8) is 0 Å². The minimum Gasteiger partial charge on any atom is -0.383 e. The molecule has 2 amide bonds. The van der Waals surface area contributed by atoms with Gasteiger partial charge in [0.15, 0.2) is 0 Å². The first-order valence-electron chi connectivity index (χ1n) is 9.47. The molecule has 2 heterocycles. The van der Waals surface area contributed by atoms with Crippen LogP contribution in [0.4, 0.5) is 16.2 Å². The summed E-state index contributed by atoms with van der Waals surface area (Å²) in [4.78, 5) is 21.1. The van der Waals surface area contributed by atoms with Crippen molar-refractivity contribution in [1.82, 2.24) is 15.1 Å². The fourth-order valence-corrected chi connectivity index (χ4v) is 3.48. The van der Waals surface area contributed by atoms with Crippen LogP contribution in [-0.4, -0.2) is 95.5 Å². The number of nitrogens with zero attached hydrogens (tertiary/aromatic N) is 4. The molecule has 2 fully saturated rings. The summed E-state index contributed by atoms with van der Waals surface area (Å²) in [5, 5.41) is 2.89. The van der Waals surface area contributed by atoms with Crippen LogP contribution in [0.15, 0.2) is 24.3 Å². The molecule has 0 atom stereocenters. The number of ether oxygens (including phenoxy) is 1. The number of hydrogen-bond acceptors (Lipinski definition) is 5. The predicted molar refractivity (Wildman–Crippen MR) is 105 cm³/mol. The Morgan fingerprint density at radius 3 is 1.92 bits per heavy atom. The van der Waals surface area contributed by atoms with Crippen molar-refractivity contribution in [2.75, 3.05) is 89.5 Å². The summed E-state index contributed by atoms with van der Waals surface area (Å²) in [6.07, 6.45) is 0. The number of hydrogen-bond donors (Lipinski definition) is 1. The molecule has 7 heteroatoms. The first-order chi connectivity index (χ1) is 12.7. The van der Waals surface area contributed by atoms with Crippen LogP contribution >= 0.6 is 0 Å². The number of likely N-dealkylation sites (N-methyl/N-ethyl adjacent to an activating group) is 1. The average molecular weight is 361 g/mol. The summed E-state index contributed by atoms with van der Waals surface area (Å²) in [5.74, 6) is 0. The predicted octanol–water partition coefficient (Wildman–Crippen LogP) is 0.916. The SMILES string of the molecule is COCCNC(=O)N1CCN(c2ccc(N3CCN(C)CC3)cc2)CC1. The van der Waals surface area contributed by atoms with Gasteiger partial charge in [-0.25, -0.2) is 4.79 Å². The molecular weight excluding hydrogens is 330 g/mol. The molecule has 1 aromatic rings.